The molecule has 0 unspecified atom stereocenters. The van der Waals surface area contributed by atoms with Crippen LogP contribution in [0.25, 0.3) is 11.8 Å². The maximum atomic E-state index is 13.2. The molecule has 3 aromatic rings. The third kappa shape index (κ3) is 3.62. The number of alkyl halides is 3. The Kier molecular flexibility index (Phi) is 4.85. The van der Waals surface area contributed by atoms with Crippen molar-refractivity contribution in [3.05, 3.63) is 76.2 Å². The summed E-state index contributed by atoms with van der Waals surface area (Å²) in [7, 11) is 1.44. The number of nitrogens with zero attached hydrogens (tertiary/aromatic N) is 4. The first-order valence-corrected chi connectivity index (χ1v) is 7.85. The molecule has 0 atom stereocenters. The van der Waals surface area contributed by atoms with E-state index in [9.17, 15) is 18.0 Å². The molecule has 0 spiro atoms. The van der Waals surface area contributed by atoms with E-state index in [1.807, 2.05) is 0 Å². The van der Waals surface area contributed by atoms with Gasteiger partial charge in [0.15, 0.2) is 0 Å². The van der Waals surface area contributed by atoms with Gasteiger partial charge in [0.2, 0.25) is 0 Å². The molecule has 0 bridgehead atoms. The standard InChI is InChI=1S/C18H15F3N4O2/c1-3-12-7-6-9-15(25-17(26)24(2)22-23-25)13(12)11-27-16-10-5-4-8-14(16)18(19,20)21/h3-10H,1,11H2,2H3. The van der Waals surface area contributed by atoms with Gasteiger partial charge >= 0.3 is 11.9 Å². The smallest absolute Gasteiger partial charge is 0.419 e. The minimum atomic E-state index is -4.54. The second-order valence-corrected chi connectivity index (χ2v) is 5.63. The Morgan fingerprint density at radius 2 is 1.89 bits per heavy atom. The van der Waals surface area contributed by atoms with Crippen LogP contribution in [0.5, 0.6) is 5.75 Å². The largest absolute Gasteiger partial charge is 0.488 e. The van der Waals surface area contributed by atoms with Crippen LogP contribution in [-0.2, 0) is 19.8 Å². The fourth-order valence-electron chi connectivity index (χ4n) is 2.58. The van der Waals surface area contributed by atoms with E-state index in [1.54, 1.807) is 18.2 Å². The fourth-order valence-corrected chi connectivity index (χ4v) is 2.58. The number of aromatic nitrogens is 4. The molecule has 0 saturated carbocycles. The van der Waals surface area contributed by atoms with Crippen molar-refractivity contribution in [1.29, 1.82) is 0 Å². The van der Waals surface area contributed by atoms with Crippen molar-refractivity contribution in [3.63, 3.8) is 0 Å². The van der Waals surface area contributed by atoms with Crippen LogP contribution in [0.3, 0.4) is 0 Å². The van der Waals surface area contributed by atoms with E-state index in [4.69, 9.17) is 4.74 Å². The zero-order valence-electron chi connectivity index (χ0n) is 14.3. The van der Waals surface area contributed by atoms with Gasteiger partial charge in [-0.25, -0.2) is 4.79 Å². The number of benzene rings is 2. The van der Waals surface area contributed by atoms with Crippen LogP contribution >= 0.6 is 0 Å². The molecule has 0 saturated heterocycles. The summed E-state index contributed by atoms with van der Waals surface area (Å²) in [5.41, 5.74) is 0.0593. The van der Waals surface area contributed by atoms with Gasteiger partial charge in [0.25, 0.3) is 0 Å². The summed E-state index contributed by atoms with van der Waals surface area (Å²) in [6.45, 7) is 3.49. The summed E-state index contributed by atoms with van der Waals surface area (Å²) >= 11 is 0. The molecule has 2 aromatic carbocycles. The molecule has 1 aromatic heterocycles. The van der Waals surface area contributed by atoms with Crippen LogP contribution < -0.4 is 10.4 Å². The van der Waals surface area contributed by atoms with Crippen LogP contribution in [-0.4, -0.2) is 19.8 Å². The quantitative estimate of drug-likeness (QED) is 0.686. The number of ether oxygens (including phenoxy) is 1. The summed E-state index contributed by atoms with van der Waals surface area (Å²) in [6, 6.07) is 9.94. The van der Waals surface area contributed by atoms with Crippen molar-refractivity contribution in [2.75, 3.05) is 0 Å². The number of hydrogen-bond donors (Lipinski definition) is 0. The third-order valence-corrected chi connectivity index (χ3v) is 3.92. The van der Waals surface area contributed by atoms with Gasteiger partial charge in [-0.1, -0.05) is 36.9 Å². The van der Waals surface area contributed by atoms with E-state index >= 15 is 0 Å². The Labute approximate surface area is 152 Å². The van der Waals surface area contributed by atoms with Crippen LogP contribution in [0.2, 0.25) is 0 Å². The second-order valence-electron chi connectivity index (χ2n) is 5.63. The third-order valence-electron chi connectivity index (χ3n) is 3.92. The lowest BCUT2D eigenvalue weighted by molar-refractivity contribution is -0.139. The van der Waals surface area contributed by atoms with Gasteiger partial charge in [-0.05, 0) is 34.2 Å². The molecule has 3 rings (SSSR count). The summed E-state index contributed by atoms with van der Waals surface area (Å²) in [6.07, 6.45) is -3.02. The molecular formula is C18H15F3N4O2. The predicted octanol–water partition coefficient (Wildman–Crippen LogP) is 3.21. The van der Waals surface area contributed by atoms with E-state index < -0.39 is 17.4 Å². The van der Waals surface area contributed by atoms with Gasteiger partial charge < -0.3 is 4.74 Å². The Morgan fingerprint density at radius 1 is 1.15 bits per heavy atom. The zero-order chi connectivity index (χ0) is 19.6. The zero-order valence-corrected chi connectivity index (χ0v) is 14.3. The van der Waals surface area contributed by atoms with Gasteiger partial charge in [-0.15, -0.1) is 0 Å². The van der Waals surface area contributed by atoms with E-state index in [2.05, 4.69) is 17.0 Å². The maximum Gasteiger partial charge on any atom is 0.419 e. The lowest BCUT2D eigenvalue weighted by atomic mass is 10.1. The lowest BCUT2D eigenvalue weighted by Crippen LogP contribution is -2.23. The topological polar surface area (TPSA) is 61.9 Å². The normalized spacial score (nSPS) is 11.4. The predicted molar refractivity (Wildman–Crippen MR) is 92.5 cm³/mol. The van der Waals surface area contributed by atoms with Gasteiger partial charge in [0.05, 0.1) is 11.3 Å². The minimum absolute atomic E-state index is 0.215. The minimum Gasteiger partial charge on any atom is -0.488 e. The first kappa shape index (κ1) is 18.4. The molecule has 0 N–H and O–H groups in total. The number of tetrazole rings is 1. The SMILES string of the molecule is C=Cc1cccc(-n2nnn(C)c2=O)c1COc1ccccc1C(F)(F)F. The average molecular weight is 376 g/mol. The van der Waals surface area contributed by atoms with Crippen molar-refractivity contribution in [2.24, 2.45) is 7.05 Å². The molecule has 0 aliphatic carbocycles. The molecule has 0 amide bonds. The molecule has 140 valence electrons. The van der Waals surface area contributed by atoms with Crippen molar-refractivity contribution in [1.82, 2.24) is 19.8 Å². The van der Waals surface area contributed by atoms with Crippen molar-refractivity contribution >= 4 is 6.08 Å². The van der Waals surface area contributed by atoms with Crippen LogP contribution in [0.1, 0.15) is 16.7 Å². The van der Waals surface area contributed by atoms with E-state index in [-0.39, 0.29) is 12.4 Å². The first-order chi connectivity index (χ1) is 12.8. The monoisotopic (exact) mass is 376 g/mol. The molecule has 0 aliphatic heterocycles. The second kappa shape index (κ2) is 7.10. The Morgan fingerprint density at radius 3 is 2.52 bits per heavy atom. The highest BCUT2D eigenvalue weighted by Gasteiger charge is 2.34. The van der Waals surface area contributed by atoms with Crippen molar-refractivity contribution in [2.45, 2.75) is 12.8 Å². The summed E-state index contributed by atoms with van der Waals surface area (Å²) in [5, 5.41) is 7.44. The number of halogens is 3. The van der Waals surface area contributed by atoms with Crippen LogP contribution in [0.4, 0.5) is 13.2 Å². The van der Waals surface area contributed by atoms with E-state index in [0.29, 0.717) is 16.8 Å². The number of para-hydroxylation sites is 1. The number of hydrogen-bond acceptors (Lipinski definition) is 4. The summed E-state index contributed by atoms with van der Waals surface area (Å²) in [4.78, 5) is 12.2. The van der Waals surface area contributed by atoms with Gasteiger partial charge in [-0.2, -0.15) is 22.5 Å². The van der Waals surface area contributed by atoms with Gasteiger partial charge in [0.1, 0.15) is 12.4 Å². The molecule has 9 heteroatoms. The molecule has 6 nitrogen and oxygen atoms in total. The van der Waals surface area contributed by atoms with Crippen LogP contribution in [0.15, 0.2) is 53.8 Å². The van der Waals surface area contributed by atoms with Crippen molar-refractivity contribution in [3.8, 4) is 11.4 Å². The lowest BCUT2D eigenvalue weighted by Gasteiger charge is -2.16. The average Bonchev–Trinajstić information content (AvgIpc) is 2.98. The Hall–Kier alpha value is -3.36. The summed E-state index contributed by atoms with van der Waals surface area (Å²) in [5.74, 6) is -0.304. The van der Waals surface area contributed by atoms with Gasteiger partial charge in [0, 0.05) is 12.6 Å². The van der Waals surface area contributed by atoms with E-state index in [0.717, 1.165) is 15.4 Å². The highest BCUT2D eigenvalue weighted by Crippen LogP contribution is 2.36. The molecular weight excluding hydrogens is 361 g/mol. The van der Waals surface area contributed by atoms with Crippen molar-refractivity contribution < 1.29 is 17.9 Å². The molecule has 27 heavy (non-hydrogen) atoms. The Bertz CT molecular complexity index is 1040. The van der Waals surface area contributed by atoms with E-state index in [1.165, 1.54) is 31.3 Å². The Balaban J connectivity index is 2.02. The molecule has 0 aliphatic rings. The number of rotatable bonds is 5. The summed E-state index contributed by atoms with van der Waals surface area (Å²) < 4.78 is 47.0. The fraction of sp³-hybridized carbons (Fsp3) is 0.167. The van der Waals surface area contributed by atoms with Gasteiger partial charge in [-0.3, -0.25) is 0 Å². The maximum absolute atomic E-state index is 13.2. The molecule has 0 radical (unpaired) electrons. The number of aryl methyl sites for hydroxylation is 1. The highest BCUT2D eigenvalue weighted by molar-refractivity contribution is 5.58. The molecule has 0 fully saturated rings. The van der Waals surface area contributed by atoms with Crippen LogP contribution in [0, 0.1) is 0 Å². The highest BCUT2D eigenvalue weighted by atomic mass is 19.4. The first-order valence-electron chi connectivity index (χ1n) is 7.85. The molecule has 1 heterocycles.